The molecular weight excluding hydrogens is 484 g/mol. The molecule has 0 bridgehead atoms. The van der Waals surface area contributed by atoms with Crippen molar-refractivity contribution in [1.29, 1.82) is 0 Å². The molecule has 8 heteroatoms. The second-order valence-electron chi connectivity index (χ2n) is 10.8. The fourth-order valence-electron chi connectivity index (χ4n) is 6.22. The predicted molar refractivity (Wildman–Crippen MR) is 141 cm³/mol. The molecule has 0 spiro atoms. The van der Waals surface area contributed by atoms with Gasteiger partial charge in [0.1, 0.15) is 17.5 Å². The lowest BCUT2D eigenvalue weighted by Crippen LogP contribution is -2.25. The van der Waals surface area contributed by atoms with E-state index in [4.69, 9.17) is 5.73 Å². The molecule has 0 amide bonds. The monoisotopic (exact) mass is 515 g/mol. The number of pyridine rings is 1. The van der Waals surface area contributed by atoms with Crippen LogP contribution in [-0.4, -0.2) is 30.7 Å². The number of fused-ring (bicyclic) bond motifs is 1. The Hall–Kier alpha value is -3.49. The molecule has 2 aliphatic rings. The van der Waals surface area contributed by atoms with E-state index in [0.717, 1.165) is 36.8 Å². The van der Waals surface area contributed by atoms with E-state index in [9.17, 15) is 5.11 Å². The molecule has 2 aliphatic carbocycles. The Morgan fingerprint density at radius 1 is 1.11 bits per heavy atom. The van der Waals surface area contributed by atoms with Crippen LogP contribution in [0.3, 0.4) is 0 Å². The normalized spacial score (nSPS) is 21.1. The van der Waals surface area contributed by atoms with E-state index < -0.39 is 17.2 Å². The van der Waals surface area contributed by atoms with Crippen molar-refractivity contribution < 1.29 is 13.9 Å². The minimum Gasteiger partial charge on any atom is -0.385 e. The number of nitrogens with two attached hydrogens (primary N) is 1. The van der Waals surface area contributed by atoms with E-state index in [1.165, 1.54) is 23.3 Å². The number of benzene rings is 1. The lowest BCUT2D eigenvalue weighted by atomic mass is 9.80. The highest BCUT2D eigenvalue weighted by Gasteiger charge is 2.34. The molecule has 6 rings (SSSR count). The Labute approximate surface area is 220 Å². The fraction of sp³-hybridized carbons (Fsp3) is 0.367. The van der Waals surface area contributed by atoms with Crippen LogP contribution in [0.25, 0.3) is 16.8 Å². The third kappa shape index (κ3) is 4.52. The van der Waals surface area contributed by atoms with Gasteiger partial charge in [0.2, 0.25) is 0 Å². The van der Waals surface area contributed by atoms with Gasteiger partial charge in [-0.3, -0.25) is 4.98 Å². The van der Waals surface area contributed by atoms with Gasteiger partial charge in [-0.2, -0.15) is 5.10 Å². The summed E-state index contributed by atoms with van der Waals surface area (Å²) in [6, 6.07) is 7.92. The molecule has 196 valence electrons. The van der Waals surface area contributed by atoms with E-state index in [2.05, 4.69) is 28.1 Å². The number of imidazole rings is 1. The molecule has 3 heterocycles. The molecule has 6 nitrogen and oxygen atoms in total. The van der Waals surface area contributed by atoms with E-state index >= 15 is 8.78 Å². The van der Waals surface area contributed by atoms with Gasteiger partial charge in [-0.1, -0.05) is 24.5 Å². The van der Waals surface area contributed by atoms with Crippen molar-refractivity contribution in [2.24, 2.45) is 5.73 Å². The summed E-state index contributed by atoms with van der Waals surface area (Å²) in [5.74, 6) is -0.527. The molecule has 4 aromatic rings. The third-order valence-electron chi connectivity index (χ3n) is 8.07. The Morgan fingerprint density at radius 2 is 1.87 bits per heavy atom. The number of hydrogen-bond acceptors (Lipinski definition) is 5. The smallest absolute Gasteiger partial charge is 0.136 e. The van der Waals surface area contributed by atoms with Crippen LogP contribution < -0.4 is 5.73 Å². The molecule has 0 unspecified atom stereocenters. The van der Waals surface area contributed by atoms with Crippen molar-refractivity contribution in [2.75, 3.05) is 0 Å². The van der Waals surface area contributed by atoms with Crippen molar-refractivity contribution in [3.8, 4) is 11.3 Å². The third-order valence-corrected chi connectivity index (χ3v) is 8.07. The molecular formula is C30H31F2N5O. The SMILES string of the molecule is CC1=C[C@H](N)C[C@H](c2ccncc2Cc2ncc3ccc(-c4c(F)cc(C5(O)CCCC5)cc4F)nn23)C1. The zero-order chi connectivity index (χ0) is 26.4. The topological polar surface area (TPSA) is 89.3 Å². The number of hydrogen-bond donors (Lipinski definition) is 2. The molecule has 3 aromatic heterocycles. The number of nitrogens with zero attached hydrogens (tertiary/aromatic N) is 4. The van der Waals surface area contributed by atoms with Crippen LogP contribution in [0.4, 0.5) is 8.78 Å². The maximum atomic E-state index is 15.3. The Bertz CT molecular complexity index is 1520. The molecule has 3 N–H and O–H groups in total. The zero-order valence-electron chi connectivity index (χ0n) is 21.4. The van der Waals surface area contributed by atoms with Crippen LogP contribution in [0.1, 0.15) is 73.9 Å². The predicted octanol–water partition coefficient (Wildman–Crippen LogP) is 5.57. The molecule has 0 aliphatic heterocycles. The second-order valence-corrected chi connectivity index (χ2v) is 10.8. The van der Waals surface area contributed by atoms with Gasteiger partial charge in [-0.25, -0.2) is 18.3 Å². The quantitative estimate of drug-likeness (QED) is 0.339. The standard InChI is InChI=1S/C30H31F2N5O/c1-18-10-19(12-22(33)11-18)24-6-9-34-16-20(24)13-28-35-17-23-4-5-27(36-37(23)28)29-25(31)14-21(15-26(29)32)30(38)7-2-3-8-30/h4-6,9,11,14-17,19,22,38H,2-3,7-8,10,12-13,33H2,1H3/t19-,22+/m1/s1. The van der Waals surface area contributed by atoms with Gasteiger partial charge in [-0.05, 0) is 85.5 Å². The Morgan fingerprint density at radius 3 is 2.61 bits per heavy atom. The van der Waals surface area contributed by atoms with Gasteiger partial charge < -0.3 is 10.8 Å². The summed E-state index contributed by atoms with van der Waals surface area (Å²) >= 11 is 0. The van der Waals surface area contributed by atoms with E-state index in [-0.39, 0.29) is 22.9 Å². The summed E-state index contributed by atoms with van der Waals surface area (Å²) in [4.78, 5) is 8.93. The zero-order valence-corrected chi connectivity index (χ0v) is 21.4. The molecule has 1 aromatic carbocycles. The maximum absolute atomic E-state index is 15.3. The van der Waals surface area contributed by atoms with Crippen molar-refractivity contribution in [3.05, 3.63) is 94.7 Å². The average molecular weight is 516 g/mol. The first-order valence-corrected chi connectivity index (χ1v) is 13.2. The van der Waals surface area contributed by atoms with Crippen molar-refractivity contribution in [1.82, 2.24) is 19.6 Å². The van der Waals surface area contributed by atoms with Gasteiger partial charge in [0.05, 0.1) is 28.6 Å². The minimum absolute atomic E-state index is 0.0248. The van der Waals surface area contributed by atoms with Gasteiger partial charge in [0.15, 0.2) is 0 Å². The van der Waals surface area contributed by atoms with Gasteiger partial charge in [-0.15, -0.1) is 0 Å². The van der Waals surface area contributed by atoms with Crippen LogP contribution in [0, 0.1) is 11.6 Å². The van der Waals surface area contributed by atoms with Crippen molar-refractivity contribution >= 4 is 5.52 Å². The van der Waals surface area contributed by atoms with Crippen molar-refractivity contribution in [2.45, 2.75) is 69.4 Å². The van der Waals surface area contributed by atoms with E-state index in [0.29, 0.717) is 31.0 Å². The number of aromatic nitrogens is 4. The highest BCUT2D eigenvalue weighted by atomic mass is 19.1. The average Bonchev–Trinajstić information content (AvgIpc) is 3.50. The highest BCUT2D eigenvalue weighted by molar-refractivity contribution is 5.63. The first kappa shape index (κ1) is 24.8. The largest absolute Gasteiger partial charge is 0.385 e. The van der Waals surface area contributed by atoms with Crippen LogP contribution in [-0.2, 0) is 12.0 Å². The number of halogens is 2. The Kier molecular flexibility index (Phi) is 6.32. The molecule has 38 heavy (non-hydrogen) atoms. The summed E-state index contributed by atoms with van der Waals surface area (Å²) < 4.78 is 32.2. The van der Waals surface area contributed by atoms with E-state index in [1.807, 2.05) is 12.3 Å². The summed E-state index contributed by atoms with van der Waals surface area (Å²) in [6.07, 6.45) is 12.5. The fourth-order valence-corrected chi connectivity index (χ4v) is 6.22. The van der Waals surface area contributed by atoms with Crippen LogP contribution in [0.15, 0.2) is 60.6 Å². The maximum Gasteiger partial charge on any atom is 0.136 e. The molecule has 1 fully saturated rings. The molecule has 2 atom stereocenters. The lowest BCUT2D eigenvalue weighted by Gasteiger charge is -2.27. The first-order valence-electron chi connectivity index (χ1n) is 13.2. The van der Waals surface area contributed by atoms with Crippen LogP contribution in [0.2, 0.25) is 0 Å². The van der Waals surface area contributed by atoms with Gasteiger partial charge in [0.25, 0.3) is 0 Å². The molecule has 0 saturated heterocycles. The second kappa shape index (κ2) is 9.67. The lowest BCUT2D eigenvalue weighted by molar-refractivity contribution is 0.0438. The number of aliphatic hydroxyl groups is 1. The molecule has 1 saturated carbocycles. The van der Waals surface area contributed by atoms with Crippen LogP contribution >= 0.6 is 0 Å². The Balaban J connectivity index is 1.35. The van der Waals surface area contributed by atoms with E-state index in [1.54, 1.807) is 29.0 Å². The summed E-state index contributed by atoms with van der Waals surface area (Å²) in [5, 5.41) is 15.4. The summed E-state index contributed by atoms with van der Waals surface area (Å²) in [5.41, 5.74) is 9.57. The highest BCUT2D eigenvalue weighted by Crippen LogP contribution is 2.40. The first-order chi connectivity index (χ1) is 18.3. The summed E-state index contributed by atoms with van der Waals surface area (Å²) in [7, 11) is 0. The number of allylic oxidation sites excluding steroid dienone is 1. The van der Waals surface area contributed by atoms with Crippen molar-refractivity contribution in [3.63, 3.8) is 0 Å². The number of rotatable bonds is 5. The minimum atomic E-state index is -1.17. The molecule has 0 radical (unpaired) electrons. The van der Waals surface area contributed by atoms with Crippen LogP contribution in [0.5, 0.6) is 0 Å². The summed E-state index contributed by atoms with van der Waals surface area (Å²) in [6.45, 7) is 2.11. The van der Waals surface area contributed by atoms with Gasteiger partial charge >= 0.3 is 0 Å². The van der Waals surface area contributed by atoms with Gasteiger partial charge in [0, 0.05) is 24.9 Å².